The van der Waals surface area contributed by atoms with Crippen LogP contribution in [-0.4, -0.2) is 28.2 Å². The lowest BCUT2D eigenvalue weighted by Crippen LogP contribution is -1.99. The van der Waals surface area contributed by atoms with E-state index < -0.39 is 5.97 Å². The number of ether oxygens (including phenoxy) is 1. The predicted octanol–water partition coefficient (Wildman–Crippen LogP) is 1.35. The van der Waals surface area contributed by atoms with Crippen LogP contribution in [0.4, 0.5) is 0 Å². The van der Waals surface area contributed by atoms with Gasteiger partial charge in [0.05, 0.1) is 18.1 Å². The molecule has 6 nitrogen and oxygen atoms in total. The fourth-order valence-electron chi connectivity index (χ4n) is 1.14. The number of hydrogen-bond donors (Lipinski definition) is 3. The molecule has 0 aliphatic carbocycles. The maximum Gasteiger partial charge on any atom is 0.323 e. The summed E-state index contributed by atoms with van der Waals surface area (Å²) in [6.45, 7) is 1.60. The molecule has 3 N–H and O–H groups in total. The van der Waals surface area contributed by atoms with Crippen LogP contribution in [-0.2, 0) is 4.79 Å². The number of nitrogens with one attached hydrogen (secondary N) is 2. The summed E-state index contributed by atoms with van der Waals surface area (Å²) in [6, 6.07) is 5.37. The summed E-state index contributed by atoms with van der Waals surface area (Å²) in [5.41, 5.74) is 1.36. The molecule has 0 bridgehead atoms. The number of carboxylic acids is 1. The van der Waals surface area contributed by atoms with Crippen molar-refractivity contribution in [3.8, 4) is 5.75 Å². The first-order chi connectivity index (χ1) is 8.06. The lowest BCUT2D eigenvalue weighted by Gasteiger charge is -1.96. The maximum absolute atomic E-state index is 10.8. The molecule has 1 aromatic carbocycles. The highest BCUT2D eigenvalue weighted by atomic mass is 16.5. The summed E-state index contributed by atoms with van der Waals surface area (Å²) in [7, 11) is 1.59. The Morgan fingerprint density at radius 3 is 2.47 bits per heavy atom. The fourth-order valence-corrected chi connectivity index (χ4v) is 1.14. The van der Waals surface area contributed by atoms with Crippen LogP contribution in [0.3, 0.4) is 0 Å². The van der Waals surface area contributed by atoms with Gasteiger partial charge in [-0.05, 0) is 12.1 Å². The van der Waals surface area contributed by atoms with Gasteiger partial charge in [-0.2, -0.15) is 0 Å². The fraction of sp³-hybridized carbons (Fsp3) is 0.273. The number of methoxy groups -OCH3 is 1. The van der Waals surface area contributed by atoms with E-state index in [1.165, 1.54) is 0 Å². The van der Waals surface area contributed by atoms with Gasteiger partial charge in [-0.15, -0.1) is 0 Å². The van der Waals surface area contributed by atoms with Gasteiger partial charge in [-0.25, -0.2) is 4.79 Å². The number of benzene rings is 1. The Morgan fingerprint density at radius 2 is 1.94 bits per heavy atom. The monoisotopic (exact) mass is 238 g/mol. The second-order valence-corrected chi connectivity index (χ2v) is 3.24. The molecule has 6 heteroatoms. The molecule has 92 valence electrons. The van der Waals surface area contributed by atoms with E-state index >= 15 is 0 Å². The molecule has 0 aliphatic rings. The van der Waals surface area contributed by atoms with Crippen molar-refractivity contribution in [1.29, 1.82) is 0 Å². The van der Waals surface area contributed by atoms with E-state index in [1.807, 2.05) is 0 Å². The SMILES string of the molecule is CCC(=O)O.COc1ccc2[nH]c(=O)[nH]c2c1. The van der Waals surface area contributed by atoms with Gasteiger partial charge in [0.2, 0.25) is 0 Å². The summed E-state index contributed by atoms with van der Waals surface area (Å²) in [5.74, 6) is -0.0113. The standard InChI is InChI=1S/C8H8N2O2.C3H6O2/c1-12-5-2-3-6-7(4-5)10-8(11)9-6;1-2-3(4)5/h2-4H,1H3,(H2,9,10,11);2H2,1H3,(H,4,5). The van der Waals surface area contributed by atoms with E-state index in [2.05, 4.69) is 9.97 Å². The van der Waals surface area contributed by atoms with Gasteiger partial charge in [0, 0.05) is 12.5 Å². The Balaban J connectivity index is 0.000000249. The minimum Gasteiger partial charge on any atom is -0.497 e. The minimum absolute atomic E-state index is 0.196. The van der Waals surface area contributed by atoms with Crippen LogP contribution in [0, 0.1) is 0 Å². The van der Waals surface area contributed by atoms with Gasteiger partial charge in [0.15, 0.2) is 0 Å². The molecule has 0 radical (unpaired) electrons. The molecule has 0 spiro atoms. The van der Waals surface area contributed by atoms with Crippen LogP contribution >= 0.6 is 0 Å². The maximum atomic E-state index is 10.8. The average molecular weight is 238 g/mol. The molecule has 2 aromatic rings. The van der Waals surface area contributed by atoms with Crippen molar-refractivity contribution in [2.24, 2.45) is 0 Å². The van der Waals surface area contributed by atoms with Crippen molar-refractivity contribution in [3.05, 3.63) is 28.7 Å². The number of carboxylic acid groups (broad SMARTS) is 1. The van der Waals surface area contributed by atoms with Crippen LogP contribution in [0.25, 0.3) is 11.0 Å². The van der Waals surface area contributed by atoms with E-state index in [1.54, 1.807) is 32.2 Å². The first-order valence-corrected chi connectivity index (χ1v) is 5.04. The normalized spacial score (nSPS) is 9.53. The molecule has 1 heterocycles. The zero-order valence-electron chi connectivity index (χ0n) is 9.61. The van der Waals surface area contributed by atoms with Crippen LogP contribution < -0.4 is 10.4 Å². The van der Waals surface area contributed by atoms with Crippen LogP contribution in [0.1, 0.15) is 13.3 Å². The number of fused-ring (bicyclic) bond motifs is 1. The molecule has 0 saturated heterocycles. The number of aliphatic carboxylic acids is 1. The highest BCUT2D eigenvalue weighted by molar-refractivity contribution is 5.75. The summed E-state index contributed by atoms with van der Waals surface area (Å²) in [4.78, 5) is 25.5. The molecule has 0 saturated carbocycles. The number of carbonyl (C=O) groups is 1. The van der Waals surface area contributed by atoms with E-state index in [0.717, 1.165) is 16.8 Å². The molecule has 0 aliphatic heterocycles. The molecule has 1 aromatic heterocycles. The average Bonchev–Trinajstić information content (AvgIpc) is 2.68. The topological polar surface area (TPSA) is 95.2 Å². The number of rotatable bonds is 2. The van der Waals surface area contributed by atoms with Crippen molar-refractivity contribution >= 4 is 17.0 Å². The van der Waals surface area contributed by atoms with Crippen LogP contribution in [0.15, 0.2) is 23.0 Å². The first-order valence-electron chi connectivity index (χ1n) is 5.04. The number of imidazole rings is 1. The van der Waals surface area contributed by atoms with E-state index in [-0.39, 0.29) is 12.1 Å². The minimum atomic E-state index is -0.745. The molecule has 17 heavy (non-hydrogen) atoms. The quantitative estimate of drug-likeness (QED) is 0.735. The smallest absolute Gasteiger partial charge is 0.323 e. The highest BCUT2D eigenvalue weighted by Crippen LogP contribution is 2.15. The van der Waals surface area contributed by atoms with Gasteiger partial charge in [-0.3, -0.25) is 4.79 Å². The number of aromatic nitrogens is 2. The zero-order chi connectivity index (χ0) is 12.8. The van der Waals surface area contributed by atoms with Gasteiger partial charge in [0.25, 0.3) is 0 Å². The highest BCUT2D eigenvalue weighted by Gasteiger charge is 1.98. The van der Waals surface area contributed by atoms with Gasteiger partial charge >= 0.3 is 11.7 Å². The van der Waals surface area contributed by atoms with E-state index in [0.29, 0.717) is 0 Å². The second kappa shape index (κ2) is 5.74. The predicted molar refractivity (Wildman–Crippen MR) is 63.4 cm³/mol. The molecular formula is C11H14N2O4. The lowest BCUT2D eigenvalue weighted by molar-refractivity contribution is -0.136. The van der Waals surface area contributed by atoms with E-state index in [4.69, 9.17) is 9.84 Å². The molecule has 2 rings (SSSR count). The summed E-state index contributed by atoms with van der Waals surface area (Å²) < 4.78 is 5.00. The molecule has 0 amide bonds. The zero-order valence-corrected chi connectivity index (χ0v) is 9.61. The van der Waals surface area contributed by atoms with Crippen molar-refractivity contribution in [2.45, 2.75) is 13.3 Å². The van der Waals surface area contributed by atoms with Gasteiger partial charge in [0.1, 0.15) is 5.75 Å². The number of aromatic amines is 2. The third-order valence-corrected chi connectivity index (χ3v) is 2.03. The van der Waals surface area contributed by atoms with E-state index in [9.17, 15) is 9.59 Å². The first kappa shape index (κ1) is 12.8. The Morgan fingerprint density at radius 1 is 1.35 bits per heavy atom. The third-order valence-electron chi connectivity index (χ3n) is 2.03. The number of H-pyrrole nitrogens is 2. The van der Waals surface area contributed by atoms with Crippen molar-refractivity contribution < 1.29 is 14.6 Å². The lowest BCUT2D eigenvalue weighted by atomic mass is 10.3. The Hall–Kier alpha value is -2.24. The third kappa shape index (κ3) is 3.67. The van der Waals surface area contributed by atoms with Gasteiger partial charge in [-0.1, -0.05) is 6.92 Å². The summed E-state index contributed by atoms with van der Waals surface area (Å²) >= 11 is 0. The number of hydrogen-bond acceptors (Lipinski definition) is 3. The van der Waals surface area contributed by atoms with Crippen molar-refractivity contribution in [3.63, 3.8) is 0 Å². The summed E-state index contributed by atoms with van der Waals surface area (Å²) in [6.07, 6.45) is 0.222. The van der Waals surface area contributed by atoms with Crippen LogP contribution in [0.2, 0.25) is 0 Å². The van der Waals surface area contributed by atoms with Crippen molar-refractivity contribution in [2.75, 3.05) is 7.11 Å². The molecule has 0 unspecified atom stereocenters. The molecule has 0 fully saturated rings. The Bertz CT molecular complexity index is 556. The van der Waals surface area contributed by atoms with Gasteiger partial charge < -0.3 is 19.8 Å². The van der Waals surface area contributed by atoms with Crippen molar-refractivity contribution in [1.82, 2.24) is 9.97 Å². The largest absolute Gasteiger partial charge is 0.497 e. The summed E-state index contributed by atoms with van der Waals surface area (Å²) in [5, 5.41) is 7.72. The Labute approximate surface area is 97.2 Å². The Kier molecular flexibility index (Phi) is 4.33. The molecular weight excluding hydrogens is 224 g/mol. The molecule has 0 atom stereocenters. The second-order valence-electron chi connectivity index (χ2n) is 3.24. The van der Waals surface area contributed by atoms with Crippen LogP contribution in [0.5, 0.6) is 5.75 Å².